The number of benzene rings is 2. The van der Waals surface area contributed by atoms with Crippen molar-refractivity contribution in [3.05, 3.63) is 64.7 Å². The predicted octanol–water partition coefficient (Wildman–Crippen LogP) is 4.09. The van der Waals surface area contributed by atoms with E-state index in [0.717, 1.165) is 24.0 Å². The molecule has 2 aromatic carbocycles. The molecular formula is C21H24ClNO3S. The first kappa shape index (κ1) is 19.9. The second-order valence-electron chi connectivity index (χ2n) is 7.09. The lowest BCUT2D eigenvalue weighted by Crippen LogP contribution is -2.51. The second kappa shape index (κ2) is 8.03. The topological polar surface area (TPSA) is 63.2 Å². The van der Waals surface area contributed by atoms with E-state index in [9.17, 15) is 13.2 Å². The summed E-state index contributed by atoms with van der Waals surface area (Å²) in [7, 11) is -3.79. The van der Waals surface area contributed by atoms with Crippen LogP contribution in [0.1, 0.15) is 36.8 Å². The van der Waals surface area contributed by atoms with Gasteiger partial charge >= 0.3 is 0 Å². The third-order valence-corrected chi connectivity index (χ3v) is 8.17. The van der Waals surface area contributed by atoms with Gasteiger partial charge in [-0.3, -0.25) is 4.79 Å². The van der Waals surface area contributed by atoms with Gasteiger partial charge in [0.15, 0.2) is 14.6 Å². The molecule has 0 atom stereocenters. The SMILES string of the molecule is Cc1ccccc1CCNC(=O)C1(S(=O)(=O)c2ccc(Cl)cc2)CCCC1. The van der Waals surface area contributed by atoms with Crippen molar-refractivity contribution in [2.75, 3.05) is 6.54 Å². The number of amides is 1. The number of halogens is 1. The Morgan fingerprint density at radius 2 is 1.70 bits per heavy atom. The van der Waals surface area contributed by atoms with Gasteiger partial charge in [-0.05, 0) is 61.6 Å². The van der Waals surface area contributed by atoms with E-state index in [2.05, 4.69) is 5.32 Å². The standard InChI is InChI=1S/C21H24ClNO3S/c1-16-6-2-3-7-17(16)12-15-23-20(24)21(13-4-5-14-21)27(25,26)19-10-8-18(22)9-11-19/h2-3,6-11H,4-5,12-15H2,1H3,(H,23,24). The molecule has 0 unspecified atom stereocenters. The van der Waals surface area contributed by atoms with Gasteiger partial charge in [-0.25, -0.2) is 8.42 Å². The number of aryl methyl sites for hydroxylation is 1. The van der Waals surface area contributed by atoms with Crippen molar-refractivity contribution in [1.29, 1.82) is 0 Å². The Kier molecular flexibility index (Phi) is 5.92. The molecule has 1 aliphatic carbocycles. The highest BCUT2D eigenvalue weighted by molar-refractivity contribution is 7.93. The van der Waals surface area contributed by atoms with E-state index in [1.165, 1.54) is 12.1 Å². The third-order valence-electron chi connectivity index (χ3n) is 5.40. The van der Waals surface area contributed by atoms with Crippen LogP contribution in [0.2, 0.25) is 5.02 Å². The molecule has 0 heterocycles. The molecule has 1 amide bonds. The van der Waals surface area contributed by atoms with E-state index in [1.54, 1.807) is 12.1 Å². The Balaban J connectivity index is 1.78. The minimum Gasteiger partial charge on any atom is -0.354 e. The zero-order valence-electron chi connectivity index (χ0n) is 15.4. The Bertz CT molecular complexity index is 917. The van der Waals surface area contributed by atoms with Crippen LogP contribution >= 0.6 is 11.6 Å². The van der Waals surface area contributed by atoms with Crippen LogP contribution in [0.15, 0.2) is 53.4 Å². The molecule has 4 nitrogen and oxygen atoms in total. The summed E-state index contributed by atoms with van der Waals surface area (Å²) >= 11 is 5.88. The van der Waals surface area contributed by atoms with Gasteiger partial charge in [0.05, 0.1) is 4.90 Å². The number of hydrogen-bond donors (Lipinski definition) is 1. The summed E-state index contributed by atoms with van der Waals surface area (Å²) in [4.78, 5) is 13.2. The number of sulfone groups is 1. The van der Waals surface area contributed by atoms with Gasteiger partial charge < -0.3 is 5.32 Å². The first-order valence-corrected chi connectivity index (χ1v) is 11.1. The highest BCUT2D eigenvalue weighted by Crippen LogP contribution is 2.41. The molecule has 27 heavy (non-hydrogen) atoms. The average molecular weight is 406 g/mol. The summed E-state index contributed by atoms with van der Waals surface area (Å²) < 4.78 is 25.2. The fraction of sp³-hybridized carbons (Fsp3) is 0.381. The van der Waals surface area contributed by atoms with Crippen LogP contribution in [-0.4, -0.2) is 25.6 Å². The van der Waals surface area contributed by atoms with Crippen LogP contribution in [0.4, 0.5) is 0 Å². The van der Waals surface area contributed by atoms with Gasteiger partial charge in [0.1, 0.15) is 0 Å². The van der Waals surface area contributed by atoms with Crippen molar-refractivity contribution in [2.45, 2.75) is 48.7 Å². The minimum atomic E-state index is -3.79. The smallest absolute Gasteiger partial charge is 0.241 e. The van der Waals surface area contributed by atoms with Crippen LogP contribution < -0.4 is 5.32 Å². The molecule has 0 saturated heterocycles. The summed E-state index contributed by atoms with van der Waals surface area (Å²) in [5.41, 5.74) is 2.31. The lowest BCUT2D eigenvalue weighted by molar-refractivity contribution is -0.123. The maximum absolute atomic E-state index is 13.3. The molecule has 0 aromatic heterocycles. The molecule has 144 valence electrons. The Morgan fingerprint density at radius 3 is 2.33 bits per heavy atom. The maximum Gasteiger partial charge on any atom is 0.241 e. The predicted molar refractivity (Wildman–Crippen MR) is 108 cm³/mol. The highest BCUT2D eigenvalue weighted by atomic mass is 35.5. The largest absolute Gasteiger partial charge is 0.354 e. The lowest BCUT2D eigenvalue weighted by atomic mass is 10.0. The fourth-order valence-electron chi connectivity index (χ4n) is 3.77. The van der Waals surface area contributed by atoms with Crippen molar-refractivity contribution in [1.82, 2.24) is 5.32 Å². The van der Waals surface area contributed by atoms with Gasteiger partial charge in [-0.1, -0.05) is 48.7 Å². The quantitative estimate of drug-likeness (QED) is 0.787. The number of carbonyl (C=O) groups excluding carboxylic acids is 1. The summed E-state index contributed by atoms with van der Waals surface area (Å²) in [6, 6.07) is 14.1. The van der Waals surface area contributed by atoms with E-state index >= 15 is 0 Å². The molecule has 0 radical (unpaired) electrons. The number of hydrogen-bond acceptors (Lipinski definition) is 3. The molecule has 0 aliphatic heterocycles. The lowest BCUT2D eigenvalue weighted by Gasteiger charge is -2.27. The Morgan fingerprint density at radius 1 is 1.07 bits per heavy atom. The van der Waals surface area contributed by atoms with Crippen molar-refractivity contribution in [2.24, 2.45) is 0 Å². The van der Waals surface area contributed by atoms with Gasteiger partial charge in [0.25, 0.3) is 0 Å². The second-order valence-corrected chi connectivity index (χ2v) is 9.79. The first-order chi connectivity index (χ1) is 12.9. The molecule has 0 spiro atoms. The van der Waals surface area contributed by atoms with Gasteiger partial charge in [0, 0.05) is 11.6 Å². The highest BCUT2D eigenvalue weighted by Gasteiger charge is 2.52. The van der Waals surface area contributed by atoms with Crippen LogP contribution in [0.3, 0.4) is 0 Å². The van der Waals surface area contributed by atoms with Gasteiger partial charge in [-0.15, -0.1) is 0 Å². The van der Waals surface area contributed by atoms with E-state index in [0.29, 0.717) is 30.8 Å². The summed E-state index contributed by atoms with van der Waals surface area (Å²) in [6.07, 6.45) is 2.86. The van der Waals surface area contributed by atoms with Crippen molar-refractivity contribution >= 4 is 27.3 Å². The van der Waals surface area contributed by atoms with Gasteiger partial charge in [-0.2, -0.15) is 0 Å². The Labute approximate surface area is 165 Å². The number of nitrogens with one attached hydrogen (secondary N) is 1. The average Bonchev–Trinajstić information content (AvgIpc) is 3.15. The molecule has 0 bridgehead atoms. The summed E-state index contributed by atoms with van der Waals surface area (Å²) in [6.45, 7) is 2.45. The molecule has 1 fully saturated rings. The summed E-state index contributed by atoms with van der Waals surface area (Å²) in [5.74, 6) is -0.386. The van der Waals surface area contributed by atoms with E-state index in [1.807, 2.05) is 31.2 Å². The van der Waals surface area contributed by atoms with E-state index in [-0.39, 0.29) is 10.8 Å². The molecule has 2 aromatic rings. The van der Waals surface area contributed by atoms with Crippen LogP contribution in [-0.2, 0) is 21.1 Å². The van der Waals surface area contributed by atoms with E-state index < -0.39 is 14.6 Å². The van der Waals surface area contributed by atoms with Crippen LogP contribution in [0.5, 0.6) is 0 Å². The normalized spacial score (nSPS) is 16.2. The van der Waals surface area contributed by atoms with Crippen LogP contribution in [0.25, 0.3) is 0 Å². The number of rotatable bonds is 6. The third kappa shape index (κ3) is 3.90. The molecule has 3 rings (SSSR count). The molecular weight excluding hydrogens is 382 g/mol. The minimum absolute atomic E-state index is 0.155. The zero-order chi connectivity index (χ0) is 19.5. The molecule has 1 aliphatic rings. The first-order valence-electron chi connectivity index (χ1n) is 9.20. The van der Waals surface area contributed by atoms with Crippen molar-refractivity contribution in [3.63, 3.8) is 0 Å². The monoisotopic (exact) mass is 405 g/mol. The molecule has 6 heteroatoms. The van der Waals surface area contributed by atoms with Crippen molar-refractivity contribution in [3.8, 4) is 0 Å². The number of carbonyl (C=O) groups is 1. The molecule has 1 saturated carbocycles. The van der Waals surface area contributed by atoms with E-state index in [4.69, 9.17) is 11.6 Å². The fourth-order valence-corrected chi connectivity index (χ4v) is 5.98. The maximum atomic E-state index is 13.3. The summed E-state index contributed by atoms with van der Waals surface area (Å²) in [5, 5.41) is 3.35. The van der Waals surface area contributed by atoms with Crippen molar-refractivity contribution < 1.29 is 13.2 Å². The Hall–Kier alpha value is -1.85. The van der Waals surface area contributed by atoms with Gasteiger partial charge in [0.2, 0.25) is 5.91 Å². The molecule has 1 N–H and O–H groups in total. The van der Waals surface area contributed by atoms with Crippen LogP contribution in [0, 0.1) is 6.92 Å². The zero-order valence-corrected chi connectivity index (χ0v) is 16.9.